The van der Waals surface area contributed by atoms with E-state index in [9.17, 15) is 9.90 Å². The molecule has 3 aliphatic heterocycles. The first-order chi connectivity index (χ1) is 16.0. The molecule has 33 heavy (non-hydrogen) atoms. The Morgan fingerprint density at radius 2 is 1.97 bits per heavy atom. The molecule has 0 unspecified atom stereocenters. The van der Waals surface area contributed by atoms with Crippen LogP contribution >= 0.6 is 0 Å². The Labute approximate surface area is 191 Å². The van der Waals surface area contributed by atoms with Crippen molar-refractivity contribution in [2.75, 3.05) is 68.1 Å². The van der Waals surface area contributed by atoms with E-state index in [1.54, 1.807) is 24.2 Å². The highest BCUT2D eigenvalue weighted by molar-refractivity contribution is 5.74. The van der Waals surface area contributed by atoms with Gasteiger partial charge >= 0.3 is 6.09 Å². The standard InChI is InChI=1S/C21H28N8O4/c1-13(30)12-33-21(31)28-10-15(11-28)29-3-2-16-17(14-8-23-19(22)24-9-14)25-20(26-18(16)29)27-4-6-32-7-5-27/h8-9,13,15,30H,2-7,10-12H2,1H3,(H2,22,23,24)/t13-/m1/s1. The van der Waals surface area contributed by atoms with Crippen LogP contribution in [-0.4, -0.2) is 101 Å². The minimum atomic E-state index is -0.678. The fourth-order valence-electron chi connectivity index (χ4n) is 4.31. The summed E-state index contributed by atoms with van der Waals surface area (Å²) >= 11 is 0. The Kier molecular flexibility index (Phi) is 5.85. The number of aliphatic hydroxyl groups excluding tert-OH is 1. The Balaban J connectivity index is 1.40. The Bertz CT molecular complexity index is 1010. The van der Waals surface area contributed by atoms with Crippen molar-refractivity contribution in [3.05, 3.63) is 18.0 Å². The number of morpholine rings is 1. The zero-order chi connectivity index (χ0) is 22.9. The predicted octanol–water partition coefficient (Wildman–Crippen LogP) is -0.0835. The van der Waals surface area contributed by atoms with E-state index in [0.29, 0.717) is 32.3 Å². The first kappa shape index (κ1) is 21.6. The molecule has 0 aliphatic carbocycles. The van der Waals surface area contributed by atoms with E-state index in [2.05, 4.69) is 19.8 Å². The van der Waals surface area contributed by atoms with Crippen LogP contribution in [0, 0.1) is 0 Å². The van der Waals surface area contributed by atoms with Gasteiger partial charge in [-0.05, 0) is 13.3 Å². The molecule has 0 saturated carbocycles. The molecule has 5 heterocycles. The van der Waals surface area contributed by atoms with Gasteiger partial charge in [0.25, 0.3) is 0 Å². The van der Waals surface area contributed by atoms with Crippen LogP contribution in [0.2, 0.25) is 0 Å². The van der Waals surface area contributed by atoms with Crippen molar-refractivity contribution in [1.29, 1.82) is 0 Å². The first-order valence-corrected chi connectivity index (χ1v) is 11.2. The average Bonchev–Trinajstić information content (AvgIpc) is 3.21. The Hall–Kier alpha value is -3.25. The summed E-state index contributed by atoms with van der Waals surface area (Å²) in [6.45, 7) is 6.20. The molecule has 2 fully saturated rings. The molecule has 0 radical (unpaired) electrons. The number of aliphatic hydroxyl groups is 1. The summed E-state index contributed by atoms with van der Waals surface area (Å²) in [4.78, 5) is 36.3. The highest BCUT2D eigenvalue weighted by atomic mass is 16.6. The number of amides is 1. The monoisotopic (exact) mass is 456 g/mol. The summed E-state index contributed by atoms with van der Waals surface area (Å²) in [5, 5.41) is 9.33. The number of nitrogens with zero attached hydrogens (tertiary/aromatic N) is 7. The first-order valence-electron chi connectivity index (χ1n) is 11.2. The third-order valence-electron chi connectivity index (χ3n) is 6.10. The molecular weight excluding hydrogens is 428 g/mol. The molecule has 1 amide bonds. The Morgan fingerprint density at radius 3 is 2.67 bits per heavy atom. The van der Waals surface area contributed by atoms with Gasteiger partial charge in [-0.3, -0.25) is 0 Å². The maximum Gasteiger partial charge on any atom is 0.409 e. The number of likely N-dealkylation sites (tertiary alicyclic amines) is 1. The van der Waals surface area contributed by atoms with E-state index in [4.69, 9.17) is 25.2 Å². The molecule has 12 heteroatoms. The molecule has 3 N–H and O–H groups in total. The van der Waals surface area contributed by atoms with Crippen molar-refractivity contribution in [2.45, 2.75) is 25.5 Å². The highest BCUT2D eigenvalue weighted by Crippen LogP contribution is 2.37. The van der Waals surface area contributed by atoms with Crippen molar-refractivity contribution in [3.63, 3.8) is 0 Å². The summed E-state index contributed by atoms with van der Waals surface area (Å²) in [5.41, 5.74) is 8.36. The second kappa shape index (κ2) is 8.94. The van der Waals surface area contributed by atoms with Gasteiger partial charge in [0.15, 0.2) is 0 Å². The van der Waals surface area contributed by atoms with Gasteiger partial charge in [-0.1, -0.05) is 0 Å². The lowest BCUT2D eigenvalue weighted by Crippen LogP contribution is -2.61. The molecule has 12 nitrogen and oxygen atoms in total. The fourth-order valence-corrected chi connectivity index (χ4v) is 4.31. The largest absolute Gasteiger partial charge is 0.447 e. The van der Waals surface area contributed by atoms with Crippen LogP contribution in [0.15, 0.2) is 12.4 Å². The van der Waals surface area contributed by atoms with E-state index < -0.39 is 12.2 Å². The van der Waals surface area contributed by atoms with Crippen LogP contribution in [0.1, 0.15) is 12.5 Å². The SMILES string of the molecule is C[C@@H](O)COC(=O)N1CC(N2CCc3c(-c4cnc(N)nc4)nc(N4CCOCC4)nc32)C1. The number of ether oxygens (including phenoxy) is 2. The summed E-state index contributed by atoms with van der Waals surface area (Å²) in [6.07, 6.45) is 3.10. The zero-order valence-corrected chi connectivity index (χ0v) is 18.6. The van der Waals surface area contributed by atoms with E-state index in [-0.39, 0.29) is 18.6 Å². The number of rotatable bonds is 5. The molecule has 0 bridgehead atoms. The molecule has 2 aromatic heterocycles. The lowest BCUT2D eigenvalue weighted by atomic mass is 10.1. The molecule has 2 aromatic rings. The number of fused-ring (bicyclic) bond motifs is 1. The topological polar surface area (TPSA) is 143 Å². The van der Waals surface area contributed by atoms with Crippen LogP contribution in [-0.2, 0) is 15.9 Å². The summed E-state index contributed by atoms with van der Waals surface area (Å²) in [7, 11) is 0. The summed E-state index contributed by atoms with van der Waals surface area (Å²) in [5.74, 6) is 1.76. The van der Waals surface area contributed by atoms with Gasteiger partial charge in [0.05, 0.1) is 31.1 Å². The van der Waals surface area contributed by atoms with Crippen LogP contribution < -0.4 is 15.5 Å². The van der Waals surface area contributed by atoms with E-state index >= 15 is 0 Å². The number of carbonyl (C=O) groups is 1. The van der Waals surface area contributed by atoms with Crippen LogP contribution in [0.5, 0.6) is 0 Å². The van der Waals surface area contributed by atoms with Gasteiger partial charge in [0.2, 0.25) is 11.9 Å². The van der Waals surface area contributed by atoms with Crippen molar-refractivity contribution < 1.29 is 19.4 Å². The van der Waals surface area contributed by atoms with E-state index in [1.807, 2.05) is 0 Å². The second-order valence-electron chi connectivity index (χ2n) is 8.53. The second-order valence-corrected chi connectivity index (χ2v) is 8.53. The predicted molar refractivity (Wildman–Crippen MR) is 120 cm³/mol. The molecule has 5 rings (SSSR count). The minimum Gasteiger partial charge on any atom is -0.447 e. The van der Waals surface area contributed by atoms with Gasteiger partial charge in [-0.15, -0.1) is 0 Å². The number of nitrogens with two attached hydrogens (primary N) is 1. The van der Waals surface area contributed by atoms with Gasteiger partial charge in [0, 0.05) is 56.2 Å². The van der Waals surface area contributed by atoms with Crippen LogP contribution in [0.3, 0.4) is 0 Å². The van der Waals surface area contributed by atoms with Crippen molar-refractivity contribution in [1.82, 2.24) is 24.8 Å². The number of anilines is 3. The smallest absolute Gasteiger partial charge is 0.409 e. The van der Waals surface area contributed by atoms with Crippen LogP contribution in [0.25, 0.3) is 11.3 Å². The fraction of sp³-hybridized carbons (Fsp3) is 0.571. The number of nitrogen functional groups attached to an aromatic ring is 1. The number of aromatic nitrogens is 4. The van der Waals surface area contributed by atoms with Gasteiger partial charge < -0.3 is 35.0 Å². The molecule has 2 saturated heterocycles. The zero-order valence-electron chi connectivity index (χ0n) is 18.6. The molecule has 3 aliphatic rings. The quantitative estimate of drug-likeness (QED) is 0.623. The van der Waals surface area contributed by atoms with Gasteiger partial charge in [-0.2, -0.15) is 4.98 Å². The van der Waals surface area contributed by atoms with E-state index in [0.717, 1.165) is 48.7 Å². The van der Waals surface area contributed by atoms with Gasteiger partial charge in [0.1, 0.15) is 12.4 Å². The normalized spacial score (nSPS) is 19.3. The number of carbonyl (C=O) groups excluding carboxylic acids is 1. The third kappa shape index (κ3) is 4.35. The average molecular weight is 457 g/mol. The van der Waals surface area contributed by atoms with Crippen molar-refractivity contribution in [2.24, 2.45) is 0 Å². The molecule has 1 atom stereocenters. The lowest BCUT2D eigenvalue weighted by molar-refractivity contribution is 0.0375. The number of hydrogen-bond acceptors (Lipinski definition) is 11. The maximum atomic E-state index is 12.2. The van der Waals surface area contributed by atoms with Gasteiger partial charge in [-0.25, -0.2) is 19.7 Å². The van der Waals surface area contributed by atoms with Crippen molar-refractivity contribution >= 4 is 23.8 Å². The van der Waals surface area contributed by atoms with Crippen LogP contribution in [0.4, 0.5) is 22.5 Å². The summed E-state index contributed by atoms with van der Waals surface area (Å²) < 4.78 is 10.6. The Morgan fingerprint density at radius 1 is 1.24 bits per heavy atom. The van der Waals surface area contributed by atoms with E-state index in [1.165, 1.54) is 0 Å². The molecule has 176 valence electrons. The number of hydrogen-bond donors (Lipinski definition) is 2. The maximum absolute atomic E-state index is 12.2. The molecule has 0 aromatic carbocycles. The minimum absolute atomic E-state index is 0.00426. The molecule has 0 spiro atoms. The molecular formula is C21H28N8O4. The third-order valence-corrected chi connectivity index (χ3v) is 6.10. The lowest BCUT2D eigenvalue weighted by Gasteiger charge is -2.44. The highest BCUT2D eigenvalue weighted by Gasteiger charge is 2.40. The summed E-state index contributed by atoms with van der Waals surface area (Å²) in [6, 6.07) is 0.147. The van der Waals surface area contributed by atoms with Crippen molar-refractivity contribution in [3.8, 4) is 11.3 Å².